The number of hydrazone groups is 1. The number of aromatic nitrogens is 1. The van der Waals surface area contributed by atoms with Gasteiger partial charge in [-0.2, -0.15) is 5.10 Å². The average Bonchev–Trinajstić information content (AvgIpc) is 2.60. The number of nitrogens with one attached hydrogen (secondary N) is 1. The summed E-state index contributed by atoms with van der Waals surface area (Å²) in [5, 5.41) is 16.2. The molecule has 2 rings (SSSR count). The Morgan fingerprint density at radius 2 is 1.70 bits per heavy atom. The highest BCUT2D eigenvalue weighted by molar-refractivity contribution is 8.00. The van der Waals surface area contributed by atoms with Crippen molar-refractivity contribution in [1.29, 1.82) is 0 Å². The number of aromatic hydroxyl groups is 1. The van der Waals surface area contributed by atoms with Gasteiger partial charge in [0.15, 0.2) is 0 Å². The standard InChI is InChI=1S/C22H27Cl2N3O2S/c1-21(2,3)15-7-13(8-16(19(15)29)22(4,5)6)10-26-27-18(28)12-30-20-17(24)9-14(23)11-25-20/h7-11,29H,12H2,1-6H3,(H,27,28)/b26-10-. The van der Waals surface area contributed by atoms with Crippen LogP contribution in [0.5, 0.6) is 5.75 Å². The molecule has 1 heterocycles. The van der Waals surface area contributed by atoms with Gasteiger partial charge in [0.2, 0.25) is 5.91 Å². The van der Waals surface area contributed by atoms with E-state index in [2.05, 4.69) is 15.5 Å². The normalized spacial score (nSPS) is 12.4. The minimum Gasteiger partial charge on any atom is -0.507 e. The van der Waals surface area contributed by atoms with Crippen LogP contribution in [0.3, 0.4) is 0 Å². The summed E-state index contributed by atoms with van der Waals surface area (Å²) in [4.78, 5) is 16.2. The summed E-state index contributed by atoms with van der Waals surface area (Å²) in [6.07, 6.45) is 3.07. The van der Waals surface area contributed by atoms with Crippen molar-refractivity contribution in [3.8, 4) is 5.75 Å². The van der Waals surface area contributed by atoms with Gasteiger partial charge in [-0.1, -0.05) is 76.5 Å². The van der Waals surface area contributed by atoms with Crippen molar-refractivity contribution in [1.82, 2.24) is 10.4 Å². The van der Waals surface area contributed by atoms with E-state index in [0.717, 1.165) is 16.7 Å². The maximum absolute atomic E-state index is 12.1. The predicted molar refractivity (Wildman–Crippen MR) is 126 cm³/mol. The predicted octanol–water partition coefficient (Wildman–Crippen LogP) is 5.93. The van der Waals surface area contributed by atoms with Gasteiger partial charge < -0.3 is 5.11 Å². The van der Waals surface area contributed by atoms with Crippen LogP contribution in [-0.2, 0) is 15.6 Å². The van der Waals surface area contributed by atoms with Crippen LogP contribution in [0, 0.1) is 0 Å². The molecule has 2 aromatic rings. The Bertz CT molecular complexity index is 929. The number of halogens is 2. The number of nitrogens with zero attached hydrogens (tertiary/aromatic N) is 2. The molecule has 0 unspecified atom stereocenters. The highest BCUT2D eigenvalue weighted by Crippen LogP contribution is 2.39. The number of hydrogen-bond donors (Lipinski definition) is 2. The third-order valence-corrected chi connectivity index (χ3v) is 5.88. The maximum Gasteiger partial charge on any atom is 0.250 e. The number of hydrogen-bond acceptors (Lipinski definition) is 5. The first kappa shape index (κ1) is 24.5. The van der Waals surface area contributed by atoms with E-state index in [4.69, 9.17) is 23.2 Å². The molecule has 0 spiro atoms. The fourth-order valence-electron chi connectivity index (χ4n) is 2.73. The zero-order valence-corrected chi connectivity index (χ0v) is 20.3. The van der Waals surface area contributed by atoms with Gasteiger partial charge in [0.1, 0.15) is 10.8 Å². The van der Waals surface area contributed by atoms with Crippen LogP contribution in [0.15, 0.2) is 34.5 Å². The molecule has 0 aliphatic heterocycles. The molecule has 30 heavy (non-hydrogen) atoms. The molecular weight excluding hydrogens is 441 g/mol. The minimum atomic E-state index is -0.282. The number of phenols is 1. The molecular formula is C22H27Cl2N3O2S. The number of phenolic OH excluding ortho intramolecular Hbond substituents is 1. The molecule has 0 saturated carbocycles. The minimum absolute atomic E-state index is 0.113. The zero-order valence-electron chi connectivity index (χ0n) is 18.0. The van der Waals surface area contributed by atoms with Gasteiger partial charge in [0.05, 0.1) is 22.0 Å². The van der Waals surface area contributed by atoms with Crippen molar-refractivity contribution in [2.45, 2.75) is 57.4 Å². The number of rotatable bonds is 5. The second-order valence-electron chi connectivity index (χ2n) is 8.99. The van der Waals surface area contributed by atoms with Crippen molar-refractivity contribution in [2.75, 3.05) is 5.75 Å². The lowest BCUT2D eigenvalue weighted by atomic mass is 9.78. The van der Waals surface area contributed by atoms with Gasteiger partial charge in [-0.3, -0.25) is 4.79 Å². The Kier molecular flexibility index (Phi) is 7.83. The highest BCUT2D eigenvalue weighted by Gasteiger charge is 2.26. The molecule has 1 aromatic carbocycles. The van der Waals surface area contributed by atoms with E-state index in [0.29, 0.717) is 20.8 Å². The molecule has 2 N–H and O–H groups in total. The molecule has 0 fully saturated rings. The number of carbonyl (C=O) groups is 1. The van der Waals surface area contributed by atoms with Gasteiger partial charge in [0, 0.05) is 17.3 Å². The number of benzene rings is 1. The molecule has 0 aliphatic carbocycles. The first-order chi connectivity index (χ1) is 13.8. The summed E-state index contributed by atoms with van der Waals surface area (Å²) >= 11 is 13.1. The molecule has 1 aromatic heterocycles. The quantitative estimate of drug-likeness (QED) is 0.324. The largest absolute Gasteiger partial charge is 0.507 e. The number of amides is 1. The molecule has 0 radical (unpaired) electrons. The Balaban J connectivity index is 2.12. The van der Waals surface area contributed by atoms with Crippen LogP contribution in [-0.4, -0.2) is 28.0 Å². The Morgan fingerprint density at radius 3 is 2.20 bits per heavy atom. The summed E-state index contributed by atoms with van der Waals surface area (Å²) in [5.41, 5.74) is 4.51. The Morgan fingerprint density at radius 1 is 1.13 bits per heavy atom. The third kappa shape index (κ3) is 6.62. The summed E-state index contributed by atoms with van der Waals surface area (Å²) < 4.78 is 0. The molecule has 162 valence electrons. The van der Waals surface area contributed by atoms with Gasteiger partial charge >= 0.3 is 0 Å². The Labute approximate surface area is 192 Å². The molecule has 0 atom stereocenters. The Hall–Kier alpha value is -1.76. The highest BCUT2D eigenvalue weighted by atomic mass is 35.5. The van der Waals surface area contributed by atoms with E-state index in [-0.39, 0.29) is 22.5 Å². The average molecular weight is 468 g/mol. The van der Waals surface area contributed by atoms with Gasteiger partial charge in [-0.15, -0.1) is 0 Å². The molecule has 8 heteroatoms. The van der Waals surface area contributed by atoms with Crippen molar-refractivity contribution >= 4 is 47.1 Å². The second kappa shape index (κ2) is 9.58. The molecule has 0 bridgehead atoms. The third-order valence-electron chi connectivity index (χ3n) is 4.27. The lowest BCUT2D eigenvalue weighted by Crippen LogP contribution is -2.20. The summed E-state index contributed by atoms with van der Waals surface area (Å²) in [7, 11) is 0. The number of carbonyl (C=O) groups excluding carboxylic acids is 1. The molecule has 1 amide bonds. The second-order valence-corrected chi connectivity index (χ2v) is 10.8. The van der Waals surface area contributed by atoms with Crippen LogP contribution in [0.2, 0.25) is 10.0 Å². The molecule has 0 saturated heterocycles. The van der Waals surface area contributed by atoms with Gasteiger partial charge in [0.25, 0.3) is 0 Å². The smallest absolute Gasteiger partial charge is 0.250 e. The topological polar surface area (TPSA) is 74.6 Å². The van der Waals surface area contributed by atoms with Crippen molar-refractivity contribution in [2.24, 2.45) is 5.10 Å². The first-order valence-corrected chi connectivity index (χ1v) is 11.2. The summed E-state index contributed by atoms with van der Waals surface area (Å²) in [6.45, 7) is 12.3. The van der Waals surface area contributed by atoms with Crippen LogP contribution < -0.4 is 5.43 Å². The van der Waals surface area contributed by atoms with E-state index >= 15 is 0 Å². The maximum atomic E-state index is 12.1. The van der Waals surface area contributed by atoms with E-state index < -0.39 is 0 Å². The summed E-state index contributed by atoms with van der Waals surface area (Å²) in [6, 6.07) is 5.37. The fraction of sp³-hybridized carbons (Fsp3) is 0.409. The lowest BCUT2D eigenvalue weighted by Gasteiger charge is -2.27. The molecule has 0 aliphatic rings. The monoisotopic (exact) mass is 467 g/mol. The van der Waals surface area contributed by atoms with E-state index in [1.54, 1.807) is 12.3 Å². The fourth-order valence-corrected chi connectivity index (χ4v) is 3.93. The van der Waals surface area contributed by atoms with Gasteiger partial charge in [-0.05, 0) is 34.6 Å². The van der Waals surface area contributed by atoms with Crippen molar-refractivity contribution < 1.29 is 9.90 Å². The first-order valence-electron chi connectivity index (χ1n) is 9.43. The number of pyridine rings is 1. The van der Waals surface area contributed by atoms with E-state index in [9.17, 15) is 9.90 Å². The van der Waals surface area contributed by atoms with E-state index in [1.165, 1.54) is 18.0 Å². The zero-order chi connectivity index (χ0) is 22.7. The molecule has 5 nitrogen and oxygen atoms in total. The van der Waals surface area contributed by atoms with Crippen molar-refractivity contribution in [3.63, 3.8) is 0 Å². The summed E-state index contributed by atoms with van der Waals surface area (Å²) in [5.74, 6) is 0.136. The van der Waals surface area contributed by atoms with Crippen molar-refractivity contribution in [3.05, 3.63) is 51.1 Å². The van der Waals surface area contributed by atoms with Crippen LogP contribution >= 0.6 is 35.0 Å². The lowest BCUT2D eigenvalue weighted by molar-refractivity contribution is -0.118. The van der Waals surface area contributed by atoms with Gasteiger partial charge in [-0.25, -0.2) is 10.4 Å². The SMILES string of the molecule is CC(C)(C)c1cc(/C=N\NC(=O)CSc2ncc(Cl)cc2Cl)cc(C(C)(C)C)c1O. The van der Waals surface area contributed by atoms with Crippen LogP contribution in [0.25, 0.3) is 0 Å². The van der Waals surface area contributed by atoms with Crippen LogP contribution in [0.4, 0.5) is 0 Å². The number of thioether (sulfide) groups is 1. The van der Waals surface area contributed by atoms with Crippen LogP contribution in [0.1, 0.15) is 58.2 Å². The van der Waals surface area contributed by atoms with E-state index in [1.807, 2.05) is 53.7 Å².